The van der Waals surface area contributed by atoms with Crippen molar-refractivity contribution in [3.63, 3.8) is 0 Å². The van der Waals surface area contributed by atoms with Gasteiger partial charge in [-0.1, -0.05) is 11.8 Å². The number of nitrogens with one attached hydrogen (secondary N) is 1. The number of hydrogen-bond donors (Lipinski definition) is 1. The van der Waals surface area contributed by atoms with E-state index in [9.17, 15) is 0 Å². The van der Waals surface area contributed by atoms with Crippen LogP contribution in [-0.4, -0.2) is 22.9 Å². The molecule has 0 bridgehead atoms. The minimum atomic E-state index is 0.672. The van der Waals surface area contributed by atoms with Gasteiger partial charge in [-0.3, -0.25) is 15.4 Å². The van der Waals surface area contributed by atoms with E-state index >= 15 is 0 Å². The molecule has 0 unspecified atom stereocenters. The van der Waals surface area contributed by atoms with Crippen LogP contribution in [0.15, 0.2) is 34.6 Å². The largest absolute Gasteiger partial charge is 0.265 e. The zero-order valence-corrected chi connectivity index (χ0v) is 8.37. The third kappa shape index (κ3) is 2.56. The third-order valence-electron chi connectivity index (χ3n) is 1.69. The highest BCUT2D eigenvalue weighted by atomic mass is 32.2. The summed E-state index contributed by atoms with van der Waals surface area (Å²) < 4.78 is 0. The molecule has 1 N–H and O–H groups in total. The first-order valence-electron chi connectivity index (χ1n) is 4.29. The average Bonchev–Trinajstić information content (AvgIpc) is 2.29. The molecule has 1 aromatic heterocycles. The number of pyridine rings is 1. The van der Waals surface area contributed by atoms with Crippen LogP contribution in [0.2, 0.25) is 0 Å². The van der Waals surface area contributed by atoms with Crippen molar-refractivity contribution in [2.75, 3.05) is 6.54 Å². The molecule has 0 aromatic carbocycles. The summed E-state index contributed by atoms with van der Waals surface area (Å²) >= 11 is 1.65. The van der Waals surface area contributed by atoms with E-state index in [1.807, 2.05) is 12.1 Å². The molecule has 0 saturated heterocycles. The number of hydrazone groups is 1. The molecule has 2 rings (SSSR count). The van der Waals surface area contributed by atoms with Crippen LogP contribution < -0.4 is 5.43 Å². The molecule has 0 atom stereocenters. The van der Waals surface area contributed by atoms with Crippen molar-refractivity contribution in [2.24, 2.45) is 10.1 Å². The van der Waals surface area contributed by atoms with Crippen LogP contribution in [0.5, 0.6) is 0 Å². The van der Waals surface area contributed by atoms with Gasteiger partial charge in [0.25, 0.3) is 0 Å². The Hall–Kier alpha value is -1.36. The molecule has 14 heavy (non-hydrogen) atoms. The molecule has 72 valence electrons. The number of aromatic nitrogens is 1. The topological polar surface area (TPSA) is 49.6 Å². The first kappa shape index (κ1) is 9.21. The molecular weight excluding hydrogens is 196 g/mol. The fourth-order valence-electron chi connectivity index (χ4n) is 1.01. The highest BCUT2D eigenvalue weighted by Gasteiger charge is 2.01. The minimum absolute atomic E-state index is 0.672. The smallest absolute Gasteiger partial charge is 0.177 e. The van der Waals surface area contributed by atoms with Crippen LogP contribution in [0.1, 0.15) is 5.56 Å². The van der Waals surface area contributed by atoms with Gasteiger partial charge < -0.3 is 0 Å². The van der Waals surface area contributed by atoms with E-state index in [2.05, 4.69) is 20.5 Å². The molecule has 1 aliphatic heterocycles. The average molecular weight is 206 g/mol. The number of nitrogens with zero attached hydrogens (tertiary/aromatic N) is 3. The van der Waals surface area contributed by atoms with Crippen molar-refractivity contribution in [3.05, 3.63) is 30.1 Å². The van der Waals surface area contributed by atoms with Crippen molar-refractivity contribution < 1.29 is 0 Å². The van der Waals surface area contributed by atoms with Crippen LogP contribution in [0, 0.1) is 0 Å². The van der Waals surface area contributed by atoms with Gasteiger partial charge in [-0.05, 0) is 17.7 Å². The van der Waals surface area contributed by atoms with E-state index in [4.69, 9.17) is 0 Å². The van der Waals surface area contributed by atoms with Crippen molar-refractivity contribution in [1.29, 1.82) is 0 Å². The van der Waals surface area contributed by atoms with Crippen molar-refractivity contribution in [1.82, 2.24) is 10.4 Å². The summed E-state index contributed by atoms with van der Waals surface area (Å²) in [6, 6.07) is 4.00. The maximum atomic E-state index is 4.25. The number of rotatable bonds is 2. The lowest BCUT2D eigenvalue weighted by Gasteiger charge is -2.07. The van der Waals surface area contributed by atoms with Gasteiger partial charge in [0.1, 0.15) is 0 Å². The second kappa shape index (κ2) is 4.76. The molecule has 5 heteroatoms. The summed E-state index contributed by atoms with van der Waals surface area (Å²) in [5.74, 6) is 0.893. The zero-order valence-electron chi connectivity index (χ0n) is 7.55. The van der Waals surface area contributed by atoms with E-state index in [0.29, 0.717) is 6.54 Å². The van der Waals surface area contributed by atoms with Crippen LogP contribution >= 0.6 is 11.8 Å². The predicted molar refractivity (Wildman–Crippen MR) is 59.5 cm³/mol. The molecule has 0 fully saturated rings. The van der Waals surface area contributed by atoms with Crippen LogP contribution in [0.4, 0.5) is 0 Å². The van der Waals surface area contributed by atoms with Crippen LogP contribution in [-0.2, 0) is 5.75 Å². The van der Waals surface area contributed by atoms with Gasteiger partial charge in [-0.25, -0.2) is 0 Å². The van der Waals surface area contributed by atoms with Gasteiger partial charge in [0.05, 0.1) is 6.54 Å². The minimum Gasteiger partial charge on any atom is -0.265 e. The molecular formula is C9H10N4S. The Morgan fingerprint density at radius 3 is 2.93 bits per heavy atom. The van der Waals surface area contributed by atoms with Gasteiger partial charge in [-0.15, -0.1) is 0 Å². The van der Waals surface area contributed by atoms with E-state index in [1.165, 1.54) is 5.56 Å². The highest BCUT2D eigenvalue weighted by molar-refractivity contribution is 8.13. The maximum Gasteiger partial charge on any atom is 0.177 e. The second-order valence-electron chi connectivity index (χ2n) is 2.71. The van der Waals surface area contributed by atoms with Gasteiger partial charge in [0, 0.05) is 24.4 Å². The summed E-state index contributed by atoms with van der Waals surface area (Å²) in [5.41, 5.74) is 4.10. The Labute approximate surface area is 86.5 Å². The van der Waals surface area contributed by atoms with Gasteiger partial charge in [0.2, 0.25) is 0 Å². The molecule has 1 aromatic rings. The van der Waals surface area contributed by atoms with Gasteiger partial charge in [0.15, 0.2) is 5.17 Å². The zero-order chi connectivity index (χ0) is 9.64. The Kier molecular flexibility index (Phi) is 3.13. The number of amidine groups is 1. The number of thioether (sulfide) groups is 1. The summed E-state index contributed by atoms with van der Waals surface area (Å²) in [6.07, 6.45) is 5.34. The Balaban J connectivity index is 1.86. The fraction of sp³-hybridized carbons (Fsp3) is 0.222. The monoisotopic (exact) mass is 206 g/mol. The fourth-order valence-corrected chi connectivity index (χ4v) is 1.79. The van der Waals surface area contributed by atoms with Gasteiger partial charge >= 0.3 is 0 Å². The Morgan fingerprint density at radius 1 is 1.36 bits per heavy atom. The lowest BCUT2D eigenvalue weighted by molar-refractivity contribution is 1.00. The number of aliphatic imine (C=N–C) groups is 1. The SMILES string of the molecule is C1=NNC(SCc2ccncc2)=NC1. The van der Waals surface area contributed by atoms with Crippen molar-refractivity contribution in [3.8, 4) is 0 Å². The summed E-state index contributed by atoms with van der Waals surface area (Å²) in [7, 11) is 0. The molecule has 1 aliphatic rings. The normalized spacial score (nSPS) is 14.7. The van der Waals surface area contributed by atoms with Crippen molar-refractivity contribution >= 4 is 23.1 Å². The van der Waals surface area contributed by atoms with Crippen LogP contribution in [0.25, 0.3) is 0 Å². The lowest BCUT2D eigenvalue weighted by atomic mass is 10.3. The third-order valence-corrected chi connectivity index (χ3v) is 2.66. The molecule has 0 saturated carbocycles. The standard InChI is InChI=1S/C9H10N4S/c1-3-10-4-2-8(1)7-14-9-11-5-6-12-13-9/h1-4,6H,5,7H2,(H,11,13). The first-order chi connectivity index (χ1) is 6.95. The van der Waals surface area contributed by atoms with Gasteiger partial charge in [-0.2, -0.15) is 5.10 Å². The van der Waals surface area contributed by atoms with E-state index in [1.54, 1.807) is 30.4 Å². The lowest BCUT2D eigenvalue weighted by Crippen LogP contribution is -2.18. The van der Waals surface area contributed by atoms with E-state index < -0.39 is 0 Å². The summed E-state index contributed by atoms with van der Waals surface area (Å²) in [6.45, 7) is 0.672. The van der Waals surface area contributed by atoms with Crippen LogP contribution in [0.3, 0.4) is 0 Å². The molecule has 0 aliphatic carbocycles. The second-order valence-corrected chi connectivity index (χ2v) is 3.68. The number of hydrogen-bond acceptors (Lipinski definition) is 5. The molecule has 0 amide bonds. The first-order valence-corrected chi connectivity index (χ1v) is 5.27. The summed E-state index contributed by atoms with van der Waals surface area (Å²) in [4.78, 5) is 8.21. The maximum absolute atomic E-state index is 4.25. The molecule has 0 spiro atoms. The predicted octanol–water partition coefficient (Wildman–Crippen LogP) is 1.26. The highest BCUT2D eigenvalue weighted by Crippen LogP contribution is 2.12. The van der Waals surface area contributed by atoms with Crippen molar-refractivity contribution in [2.45, 2.75) is 5.75 Å². The Bertz CT molecular complexity index is 347. The molecule has 0 radical (unpaired) electrons. The van der Waals surface area contributed by atoms with E-state index in [0.717, 1.165) is 10.9 Å². The molecule has 2 heterocycles. The quantitative estimate of drug-likeness (QED) is 0.792. The van der Waals surface area contributed by atoms with E-state index in [-0.39, 0.29) is 0 Å². The molecule has 4 nitrogen and oxygen atoms in total. The summed E-state index contributed by atoms with van der Waals surface area (Å²) in [5, 5.41) is 4.81. The Morgan fingerprint density at radius 2 is 2.21 bits per heavy atom.